The van der Waals surface area contributed by atoms with Crippen LogP contribution in [0.25, 0.3) is 0 Å². The molecule has 2 fully saturated rings. The van der Waals surface area contributed by atoms with E-state index in [-0.39, 0.29) is 11.3 Å². The predicted octanol–water partition coefficient (Wildman–Crippen LogP) is 1.69. The van der Waals surface area contributed by atoms with Gasteiger partial charge in [-0.25, -0.2) is 4.98 Å². The lowest BCUT2D eigenvalue weighted by molar-refractivity contribution is 0.0641. The molecule has 4 heterocycles. The van der Waals surface area contributed by atoms with Crippen molar-refractivity contribution >= 4 is 5.91 Å². The van der Waals surface area contributed by atoms with E-state index in [2.05, 4.69) is 14.5 Å². The van der Waals surface area contributed by atoms with E-state index in [1.54, 1.807) is 12.3 Å². The number of imidazole rings is 1. The number of aryl methyl sites for hydroxylation is 2. The van der Waals surface area contributed by atoms with Crippen LogP contribution in [-0.2, 0) is 18.3 Å². The zero-order valence-corrected chi connectivity index (χ0v) is 15.5. The van der Waals surface area contributed by atoms with Crippen LogP contribution in [-0.4, -0.2) is 64.7 Å². The molecule has 0 aliphatic carbocycles. The molecule has 0 saturated carbocycles. The number of furan rings is 1. The predicted molar refractivity (Wildman–Crippen MR) is 95.7 cm³/mol. The Balaban J connectivity index is 1.47. The zero-order valence-electron chi connectivity index (χ0n) is 15.5. The van der Waals surface area contributed by atoms with E-state index in [9.17, 15) is 4.79 Å². The number of carbonyl (C=O) groups is 1. The molecule has 0 N–H and O–H groups in total. The highest BCUT2D eigenvalue weighted by Gasteiger charge is 2.42. The lowest BCUT2D eigenvalue weighted by Crippen LogP contribution is -2.43. The highest BCUT2D eigenvalue weighted by atomic mass is 16.5. The fourth-order valence-electron chi connectivity index (χ4n) is 4.10. The second-order valence-corrected chi connectivity index (χ2v) is 7.58. The van der Waals surface area contributed by atoms with Crippen molar-refractivity contribution in [1.29, 1.82) is 0 Å². The van der Waals surface area contributed by atoms with Gasteiger partial charge in [0.15, 0.2) is 0 Å². The summed E-state index contributed by atoms with van der Waals surface area (Å²) in [6.45, 7) is 7.25. The quantitative estimate of drug-likeness (QED) is 0.835. The third-order valence-corrected chi connectivity index (χ3v) is 5.62. The summed E-state index contributed by atoms with van der Waals surface area (Å²) in [7, 11) is 2.02. The Labute approximate surface area is 153 Å². The minimum absolute atomic E-state index is 0.00500. The maximum Gasteiger partial charge on any atom is 0.257 e. The van der Waals surface area contributed by atoms with E-state index < -0.39 is 0 Å². The van der Waals surface area contributed by atoms with Crippen molar-refractivity contribution in [2.45, 2.75) is 19.9 Å². The fraction of sp³-hybridized carbons (Fsp3) is 0.579. The third kappa shape index (κ3) is 3.29. The number of carbonyl (C=O) groups excluding carboxylic acids is 1. The summed E-state index contributed by atoms with van der Waals surface area (Å²) >= 11 is 0. The van der Waals surface area contributed by atoms with Crippen molar-refractivity contribution in [2.24, 2.45) is 12.5 Å². The molecular weight excluding hydrogens is 332 g/mol. The van der Waals surface area contributed by atoms with Gasteiger partial charge in [0.2, 0.25) is 0 Å². The molecule has 7 nitrogen and oxygen atoms in total. The summed E-state index contributed by atoms with van der Waals surface area (Å²) in [6.07, 6.45) is 6.43. The van der Waals surface area contributed by atoms with Gasteiger partial charge in [-0.1, -0.05) is 0 Å². The smallest absolute Gasteiger partial charge is 0.257 e. The van der Waals surface area contributed by atoms with Crippen molar-refractivity contribution < 1.29 is 13.9 Å². The van der Waals surface area contributed by atoms with Gasteiger partial charge in [0, 0.05) is 44.5 Å². The number of likely N-dealkylation sites (tertiary alicyclic amines) is 1. The van der Waals surface area contributed by atoms with Crippen LogP contribution < -0.4 is 0 Å². The molecule has 7 heteroatoms. The number of hydrogen-bond acceptors (Lipinski definition) is 5. The van der Waals surface area contributed by atoms with Gasteiger partial charge in [0.1, 0.15) is 11.6 Å². The van der Waals surface area contributed by atoms with Crippen molar-refractivity contribution in [3.63, 3.8) is 0 Å². The van der Waals surface area contributed by atoms with E-state index in [4.69, 9.17) is 9.15 Å². The van der Waals surface area contributed by atoms with Gasteiger partial charge in [-0.2, -0.15) is 0 Å². The van der Waals surface area contributed by atoms with Crippen LogP contribution in [0.3, 0.4) is 0 Å². The second-order valence-electron chi connectivity index (χ2n) is 7.58. The molecule has 1 atom stereocenters. The van der Waals surface area contributed by atoms with Gasteiger partial charge in [-0.3, -0.25) is 9.69 Å². The summed E-state index contributed by atoms with van der Waals surface area (Å²) in [6, 6.07) is 1.76. The molecule has 2 aliphatic heterocycles. The summed E-state index contributed by atoms with van der Waals surface area (Å²) in [5.74, 6) is 1.79. The first kappa shape index (κ1) is 17.3. The highest BCUT2D eigenvalue weighted by molar-refractivity contribution is 5.95. The Morgan fingerprint density at radius 3 is 2.96 bits per heavy atom. The van der Waals surface area contributed by atoms with E-state index >= 15 is 0 Å². The molecular formula is C19H26N4O3. The Hall–Kier alpha value is -2.12. The molecule has 1 spiro atoms. The van der Waals surface area contributed by atoms with Crippen LogP contribution in [0.2, 0.25) is 0 Å². The average Bonchev–Trinajstić information content (AvgIpc) is 3.28. The van der Waals surface area contributed by atoms with Gasteiger partial charge in [0.25, 0.3) is 5.91 Å². The van der Waals surface area contributed by atoms with E-state index in [0.29, 0.717) is 31.1 Å². The zero-order chi connectivity index (χ0) is 18.1. The Morgan fingerprint density at radius 2 is 2.23 bits per heavy atom. The molecule has 140 valence electrons. The van der Waals surface area contributed by atoms with Crippen LogP contribution in [0.4, 0.5) is 0 Å². The van der Waals surface area contributed by atoms with Crippen LogP contribution >= 0.6 is 0 Å². The summed E-state index contributed by atoms with van der Waals surface area (Å²) in [4.78, 5) is 21.7. The normalized spacial score (nSPS) is 24.3. The second kappa shape index (κ2) is 6.89. The highest BCUT2D eigenvalue weighted by Crippen LogP contribution is 2.34. The molecule has 2 aromatic rings. The molecule has 2 saturated heterocycles. The third-order valence-electron chi connectivity index (χ3n) is 5.62. The van der Waals surface area contributed by atoms with Gasteiger partial charge < -0.3 is 18.6 Å². The Morgan fingerprint density at radius 1 is 1.35 bits per heavy atom. The fourth-order valence-corrected chi connectivity index (χ4v) is 4.10. The monoisotopic (exact) mass is 358 g/mol. The van der Waals surface area contributed by atoms with Crippen molar-refractivity contribution in [2.75, 3.05) is 39.4 Å². The van der Waals surface area contributed by atoms with Gasteiger partial charge in [0.05, 0.1) is 31.6 Å². The standard InChI is InChI=1S/C19H26N4O3/c1-15-16(3-9-26-15)18(24)23-8-10-25-14-19(13-23)4-6-22(12-19)11-17-20-5-7-21(17)2/h3,5,7,9H,4,6,8,10-14H2,1-2H3/t19-/m1/s1. The summed E-state index contributed by atoms with van der Waals surface area (Å²) < 4.78 is 13.3. The molecule has 26 heavy (non-hydrogen) atoms. The molecule has 0 aromatic carbocycles. The molecule has 0 radical (unpaired) electrons. The number of amides is 1. The average molecular weight is 358 g/mol. The first-order valence-electron chi connectivity index (χ1n) is 9.16. The van der Waals surface area contributed by atoms with Crippen LogP contribution in [0.15, 0.2) is 29.1 Å². The first-order valence-corrected chi connectivity index (χ1v) is 9.16. The van der Waals surface area contributed by atoms with Gasteiger partial charge >= 0.3 is 0 Å². The topological polar surface area (TPSA) is 63.7 Å². The lowest BCUT2D eigenvalue weighted by Gasteiger charge is -2.32. The minimum Gasteiger partial charge on any atom is -0.469 e. The van der Waals surface area contributed by atoms with Crippen LogP contribution in [0, 0.1) is 12.3 Å². The van der Waals surface area contributed by atoms with Gasteiger partial charge in [-0.15, -0.1) is 0 Å². The Kier molecular flexibility index (Phi) is 4.58. The maximum absolute atomic E-state index is 12.9. The number of rotatable bonds is 3. The number of nitrogens with zero attached hydrogens (tertiary/aromatic N) is 4. The van der Waals surface area contributed by atoms with E-state index in [1.165, 1.54) is 0 Å². The lowest BCUT2D eigenvalue weighted by atomic mass is 9.87. The SMILES string of the molecule is Cc1occc1C(=O)N1CCOC[C@@]2(CCN(Cc3nccn3C)C2)C1. The van der Waals surface area contributed by atoms with E-state index in [0.717, 1.165) is 38.4 Å². The van der Waals surface area contributed by atoms with Crippen LogP contribution in [0.1, 0.15) is 28.4 Å². The summed E-state index contributed by atoms with van der Waals surface area (Å²) in [5, 5.41) is 0. The molecule has 0 bridgehead atoms. The van der Waals surface area contributed by atoms with E-state index in [1.807, 2.05) is 31.3 Å². The number of ether oxygens (including phenoxy) is 1. The van der Waals surface area contributed by atoms with Gasteiger partial charge in [-0.05, 0) is 26.0 Å². The molecule has 1 amide bonds. The Bertz CT molecular complexity index is 783. The first-order chi connectivity index (χ1) is 12.6. The largest absolute Gasteiger partial charge is 0.469 e. The van der Waals surface area contributed by atoms with Crippen molar-refractivity contribution in [1.82, 2.24) is 19.4 Å². The maximum atomic E-state index is 12.9. The van der Waals surface area contributed by atoms with Crippen molar-refractivity contribution in [3.05, 3.63) is 41.9 Å². The van der Waals surface area contributed by atoms with Crippen molar-refractivity contribution in [3.8, 4) is 0 Å². The molecule has 4 rings (SSSR count). The summed E-state index contributed by atoms with van der Waals surface area (Å²) in [5.41, 5.74) is 0.652. The number of hydrogen-bond donors (Lipinski definition) is 0. The molecule has 2 aliphatic rings. The number of aromatic nitrogens is 2. The molecule has 0 unspecified atom stereocenters. The molecule has 2 aromatic heterocycles. The van der Waals surface area contributed by atoms with Crippen LogP contribution in [0.5, 0.6) is 0 Å². The minimum atomic E-state index is -0.00500.